The average Bonchev–Trinajstić information content (AvgIpc) is 3.21. The Morgan fingerprint density at radius 3 is 2.43 bits per heavy atom. The molecule has 0 bridgehead atoms. The largest absolute Gasteiger partial charge is 0.310 e. The van der Waals surface area contributed by atoms with Gasteiger partial charge in [0, 0.05) is 30.6 Å². The Morgan fingerprint density at radius 2 is 1.81 bits per heavy atom. The third kappa shape index (κ3) is 4.82. The summed E-state index contributed by atoms with van der Waals surface area (Å²) in [6.07, 6.45) is 2.69. The number of halogens is 1. The molecule has 0 aliphatic heterocycles. The van der Waals surface area contributed by atoms with Crippen molar-refractivity contribution in [3.05, 3.63) is 56.7 Å². The third-order valence-corrected chi connectivity index (χ3v) is 4.92. The highest BCUT2D eigenvalue weighted by atomic mass is 35.5. The standard InChI is InChI=1S/C17H21ClN2S/c1-20(12-16-8-9-17(18)21-16)11-14-4-2-13(3-5-14)10-19-15-6-7-15/h2-5,8-9,15,19H,6-7,10-12H2,1H3. The molecule has 0 radical (unpaired) electrons. The van der Waals surface area contributed by atoms with Gasteiger partial charge in [0.2, 0.25) is 0 Å². The lowest BCUT2D eigenvalue weighted by molar-refractivity contribution is 0.322. The van der Waals surface area contributed by atoms with Gasteiger partial charge in [-0.25, -0.2) is 0 Å². The second kappa shape index (κ2) is 6.93. The maximum Gasteiger partial charge on any atom is 0.0931 e. The van der Waals surface area contributed by atoms with Crippen LogP contribution in [0.25, 0.3) is 0 Å². The quantitative estimate of drug-likeness (QED) is 0.819. The average molecular weight is 321 g/mol. The van der Waals surface area contributed by atoms with Crippen molar-refractivity contribution in [1.29, 1.82) is 0 Å². The maximum atomic E-state index is 5.97. The molecule has 1 N–H and O–H groups in total. The van der Waals surface area contributed by atoms with E-state index in [0.717, 1.165) is 30.0 Å². The monoisotopic (exact) mass is 320 g/mol. The van der Waals surface area contributed by atoms with E-state index in [9.17, 15) is 0 Å². The Morgan fingerprint density at radius 1 is 1.10 bits per heavy atom. The van der Waals surface area contributed by atoms with E-state index >= 15 is 0 Å². The molecule has 3 rings (SSSR count). The second-order valence-corrected chi connectivity index (χ2v) is 7.65. The summed E-state index contributed by atoms with van der Waals surface area (Å²) in [6, 6.07) is 13.8. The highest BCUT2D eigenvalue weighted by molar-refractivity contribution is 7.16. The molecule has 2 aromatic rings. The lowest BCUT2D eigenvalue weighted by atomic mass is 10.1. The topological polar surface area (TPSA) is 15.3 Å². The Labute approximate surface area is 135 Å². The first-order chi connectivity index (χ1) is 10.2. The second-order valence-electron chi connectivity index (χ2n) is 5.85. The van der Waals surface area contributed by atoms with Crippen molar-refractivity contribution in [1.82, 2.24) is 10.2 Å². The summed E-state index contributed by atoms with van der Waals surface area (Å²) in [5.41, 5.74) is 2.73. The summed E-state index contributed by atoms with van der Waals surface area (Å²) in [5, 5.41) is 3.55. The summed E-state index contributed by atoms with van der Waals surface area (Å²) in [6.45, 7) is 2.91. The highest BCUT2D eigenvalue weighted by Gasteiger charge is 2.19. The number of nitrogens with one attached hydrogen (secondary N) is 1. The molecule has 1 saturated carbocycles. The van der Waals surface area contributed by atoms with Gasteiger partial charge in [-0.3, -0.25) is 4.90 Å². The normalized spacial score (nSPS) is 14.8. The van der Waals surface area contributed by atoms with Gasteiger partial charge in [-0.05, 0) is 43.1 Å². The van der Waals surface area contributed by atoms with E-state index in [1.54, 1.807) is 11.3 Å². The first-order valence-corrected chi connectivity index (χ1v) is 8.62. The Hall–Kier alpha value is -0.870. The van der Waals surface area contributed by atoms with Gasteiger partial charge in [-0.1, -0.05) is 35.9 Å². The van der Waals surface area contributed by atoms with Crippen LogP contribution in [-0.2, 0) is 19.6 Å². The molecule has 0 saturated heterocycles. The number of thiophene rings is 1. The molecule has 1 aliphatic rings. The smallest absolute Gasteiger partial charge is 0.0931 e. The van der Waals surface area contributed by atoms with Crippen LogP contribution in [0.3, 0.4) is 0 Å². The molecule has 1 fully saturated rings. The molecule has 1 aromatic carbocycles. The summed E-state index contributed by atoms with van der Waals surface area (Å²) < 4.78 is 0.867. The molecule has 112 valence electrons. The van der Waals surface area contributed by atoms with Gasteiger partial charge in [-0.15, -0.1) is 11.3 Å². The van der Waals surface area contributed by atoms with Crippen LogP contribution in [0.2, 0.25) is 4.34 Å². The van der Waals surface area contributed by atoms with Gasteiger partial charge >= 0.3 is 0 Å². The van der Waals surface area contributed by atoms with Crippen molar-refractivity contribution < 1.29 is 0 Å². The van der Waals surface area contributed by atoms with Crippen LogP contribution < -0.4 is 5.32 Å². The number of hydrogen-bond acceptors (Lipinski definition) is 3. The fraction of sp³-hybridized carbons (Fsp3) is 0.412. The first-order valence-electron chi connectivity index (χ1n) is 7.43. The molecule has 1 aromatic heterocycles. The molecule has 0 atom stereocenters. The van der Waals surface area contributed by atoms with E-state index in [-0.39, 0.29) is 0 Å². The minimum atomic E-state index is 0.772. The van der Waals surface area contributed by atoms with E-state index in [0.29, 0.717) is 0 Å². The van der Waals surface area contributed by atoms with E-state index in [4.69, 9.17) is 11.6 Å². The Kier molecular flexibility index (Phi) is 4.96. The van der Waals surface area contributed by atoms with Gasteiger partial charge in [0.15, 0.2) is 0 Å². The molecule has 0 unspecified atom stereocenters. The van der Waals surface area contributed by atoms with E-state index in [1.165, 1.54) is 28.8 Å². The zero-order valence-corrected chi connectivity index (χ0v) is 13.9. The van der Waals surface area contributed by atoms with Crippen LogP contribution >= 0.6 is 22.9 Å². The van der Waals surface area contributed by atoms with Crippen LogP contribution in [0.4, 0.5) is 0 Å². The summed E-state index contributed by atoms with van der Waals surface area (Å²) in [5.74, 6) is 0. The van der Waals surface area contributed by atoms with Crippen LogP contribution in [0.15, 0.2) is 36.4 Å². The molecule has 0 amide bonds. The van der Waals surface area contributed by atoms with Gasteiger partial charge in [0.1, 0.15) is 0 Å². The predicted molar refractivity (Wildman–Crippen MR) is 90.8 cm³/mol. The molecule has 0 spiro atoms. The van der Waals surface area contributed by atoms with Crippen LogP contribution in [0.5, 0.6) is 0 Å². The van der Waals surface area contributed by atoms with E-state index < -0.39 is 0 Å². The minimum Gasteiger partial charge on any atom is -0.310 e. The summed E-state index contributed by atoms with van der Waals surface area (Å²) >= 11 is 7.63. The number of benzene rings is 1. The third-order valence-electron chi connectivity index (χ3n) is 3.70. The number of nitrogens with zero attached hydrogens (tertiary/aromatic N) is 1. The van der Waals surface area contributed by atoms with Crippen LogP contribution in [-0.4, -0.2) is 18.0 Å². The first kappa shape index (κ1) is 15.0. The van der Waals surface area contributed by atoms with Gasteiger partial charge in [-0.2, -0.15) is 0 Å². The minimum absolute atomic E-state index is 0.772. The lowest BCUT2D eigenvalue weighted by Crippen LogP contribution is -2.17. The fourth-order valence-electron chi connectivity index (χ4n) is 2.38. The van der Waals surface area contributed by atoms with Crippen molar-refractivity contribution in [2.45, 2.75) is 38.5 Å². The zero-order valence-electron chi connectivity index (χ0n) is 12.3. The molecule has 21 heavy (non-hydrogen) atoms. The van der Waals surface area contributed by atoms with Gasteiger partial charge < -0.3 is 5.32 Å². The molecule has 4 heteroatoms. The van der Waals surface area contributed by atoms with Crippen molar-refractivity contribution in [2.75, 3.05) is 7.05 Å². The van der Waals surface area contributed by atoms with Crippen molar-refractivity contribution in [3.8, 4) is 0 Å². The SMILES string of the molecule is CN(Cc1ccc(CNC2CC2)cc1)Cc1ccc(Cl)s1. The zero-order chi connectivity index (χ0) is 14.7. The molecule has 1 heterocycles. The van der Waals surface area contributed by atoms with E-state index in [2.05, 4.69) is 47.6 Å². The lowest BCUT2D eigenvalue weighted by Gasteiger charge is -2.16. The van der Waals surface area contributed by atoms with E-state index in [1.807, 2.05) is 6.07 Å². The van der Waals surface area contributed by atoms with Crippen LogP contribution in [0, 0.1) is 0 Å². The maximum absolute atomic E-state index is 5.97. The fourth-order valence-corrected chi connectivity index (χ4v) is 3.55. The van der Waals surface area contributed by atoms with Crippen molar-refractivity contribution >= 4 is 22.9 Å². The number of hydrogen-bond donors (Lipinski definition) is 1. The van der Waals surface area contributed by atoms with Gasteiger partial charge in [0.25, 0.3) is 0 Å². The molecule has 2 nitrogen and oxygen atoms in total. The Balaban J connectivity index is 1.49. The number of rotatable bonds is 7. The highest BCUT2D eigenvalue weighted by Crippen LogP contribution is 2.23. The Bertz CT molecular complexity index is 575. The summed E-state index contributed by atoms with van der Waals surface area (Å²) in [4.78, 5) is 3.63. The van der Waals surface area contributed by atoms with Crippen molar-refractivity contribution in [3.63, 3.8) is 0 Å². The molecular formula is C17H21ClN2S. The van der Waals surface area contributed by atoms with Crippen LogP contribution in [0.1, 0.15) is 28.8 Å². The van der Waals surface area contributed by atoms with Crippen molar-refractivity contribution in [2.24, 2.45) is 0 Å². The summed E-state index contributed by atoms with van der Waals surface area (Å²) in [7, 11) is 2.15. The predicted octanol–water partition coefficient (Wildman–Crippen LogP) is 4.29. The molecule has 1 aliphatic carbocycles. The van der Waals surface area contributed by atoms with Gasteiger partial charge in [0.05, 0.1) is 4.34 Å². The molecular weight excluding hydrogens is 300 g/mol.